The SMILES string of the molecule is CC(=O)Nc1cccc(NC(=O)/C=C/c2c(C)nn(C)c2Cl)c1. The fourth-order valence-electron chi connectivity index (χ4n) is 2.06. The van der Waals surface area contributed by atoms with Crippen LogP contribution in [0.2, 0.25) is 5.15 Å². The highest BCUT2D eigenvalue weighted by molar-refractivity contribution is 6.31. The van der Waals surface area contributed by atoms with Gasteiger partial charge in [-0.2, -0.15) is 5.10 Å². The molecule has 0 aliphatic heterocycles. The van der Waals surface area contributed by atoms with Gasteiger partial charge in [-0.1, -0.05) is 17.7 Å². The van der Waals surface area contributed by atoms with Gasteiger partial charge in [0.1, 0.15) is 5.15 Å². The molecule has 0 fully saturated rings. The van der Waals surface area contributed by atoms with Gasteiger partial charge in [-0.15, -0.1) is 0 Å². The molecule has 0 bridgehead atoms. The van der Waals surface area contributed by atoms with Crippen LogP contribution in [0.4, 0.5) is 11.4 Å². The lowest BCUT2D eigenvalue weighted by Crippen LogP contribution is -2.09. The molecule has 0 saturated heterocycles. The van der Waals surface area contributed by atoms with E-state index < -0.39 is 0 Å². The van der Waals surface area contributed by atoms with E-state index in [4.69, 9.17) is 11.6 Å². The molecule has 1 heterocycles. The molecule has 0 atom stereocenters. The van der Waals surface area contributed by atoms with Crippen LogP contribution in [-0.4, -0.2) is 21.6 Å². The van der Waals surface area contributed by atoms with Crippen LogP contribution in [-0.2, 0) is 16.6 Å². The third-order valence-electron chi connectivity index (χ3n) is 3.05. The molecule has 0 radical (unpaired) electrons. The second-order valence-electron chi connectivity index (χ2n) is 5.00. The van der Waals surface area contributed by atoms with Gasteiger partial charge in [0.05, 0.1) is 5.69 Å². The highest BCUT2D eigenvalue weighted by Crippen LogP contribution is 2.20. The van der Waals surface area contributed by atoms with Crippen molar-refractivity contribution in [2.45, 2.75) is 13.8 Å². The number of carbonyl (C=O) groups excluding carboxylic acids is 2. The molecule has 0 saturated carbocycles. The van der Waals surface area contributed by atoms with Crippen LogP contribution in [0.5, 0.6) is 0 Å². The summed E-state index contributed by atoms with van der Waals surface area (Å²) in [4.78, 5) is 23.0. The topological polar surface area (TPSA) is 76.0 Å². The molecule has 2 aromatic rings. The Hall–Kier alpha value is -2.60. The maximum Gasteiger partial charge on any atom is 0.248 e. The van der Waals surface area contributed by atoms with Gasteiger partial charge in [-0.25, -0.2) is 0 Å². The molecule has 0 aliphatic carbocycles. The van der Waals surface area contributed by atoms with Gasteiger partial charge in [-0.05, 0) is 31.2 Å². The van der Waals surface area contributed by atoms with E-state index in [-0.39, 0.29) is 11.8 Å². The van der Waals surface area contributed by atoms with Gasteiger partial charge in [0.15, 0.2) is 0 Å². The lowest BCUT2D eigenvalue weighted by molar-refractivity contribution is -0.114. The van der Waals surface area contributed by atoms with Crippen molar-refractivity contribution in [2.24, 2.45) is 7.05 Å². The molecule has 0 spiro atoms. The molecular formula is C16H17ClN4O2. The number of amides is 2. The molecule has 0 unspecified atom stereocenters. The van der Waals surface area contributed by atoms with Crippen LogP contribution in [0.1, 0.15) is 18.2 Å². The van der Waals surface area contributed by atoms with Crippen LogP contribution in [0.15, 0.2) is 30.3 Å². The van der Waals surface area contributed by atoms with Crippen LogP contribution in [0.3, 0.4) is 0 Å². The van der Waals surface area contributed by atoms with Crippen molar-refractivity contribution in [1.29, 1.82) is 0 Å². The van der Waals surface area contributed by atoms with Crippen molar-refractivity contribution in [1.82, 2.24) is 9.78 Å². The van der Waals surface area contributed by atoms with Gasteiger partial charge < -0.3 is 10.6 Å². The molecule has 7 heteroatoms. The number of benzene rings is 1. The molecule has 23 heavy (non-hydrogen) atoms. The summed E-state index contributed by atoms with van der Waals surface area (Å²) in [6, 6.07) is 6.90. The minimum Gasteiger partial charge on any atom is -0.326 e. The Morgan fingerprint density at radius 2 is 1.91 bits per heavy atom. The fourth-order valence-corrected chi connectivity index (χ4v) is 2.29. The number of nitrogens with one attached hydrogen (secondary N) is 2. The molecule has 1 aromatic heterocycles. The number of halogens is 1. The zero-order valence-corrected chi connectivity index (χ0v) is 13.8. The van der Waals surface area contributed by atoms with E-state index in [1.54, 1.807) is 42.1 Å². The predicted molar refractivity (Wildman–Crippen MR) is 91.4 cm³/mol. The number of hydrogen-bond donors (Lipinski definition) is 2. The van der Waals surface area contributed by atoms with Gasteiger partial charge in [0.2, 0.25) is 11.8 Å². The van der Waals surface area contributed by atoms with E-state index in [9.17, 15) is 9.59 Å². The normalized spacial score (nSPS) is 10.8. The smallest absolute Gasteiger partial charge is 0.248 e. The first-order valence-corrected chi connectivity index (χ1v) is 7.30. The van der Waals surface area contributed by atoms with Crippen molar-refractivity contribution in [3.05, 3.63) is 46.8 Å². The number of aryl methyl sites for hydroxylation is 2. The summed E-state index contributed by atoms with van der Waals surface area (Å²) in [6.45, 7) is 3.24. The lowest BCUT2D eigenvalue weighted by Gasteiger charge is -2.06. The zero-order valence-electron chi connectivity index (χ0n) is 13.1. The third-order valence-corrected chi connectivity index (χ3v) is 3.50. The summed E-state index contributed by atoms with van der Waals surface area (Å²) in [5.74, 6) is -0.473. The van der Waals surface area contributed by atoms with Gasteiger partial charge in [-0.3, -0.25) is 14.3 Å². The summed E-state index contributed by atoms with van der Waals surface area (Å²) in [7, 11) is 1.74. The highest BCUT2D eigenvalue weighted by Gasteiger charge is 2.08. The summed E-state index contributed by atoms with van der Waals surface area (Å²) in [5, 5.41) is 10.0. The molecule has 2 amide bonds. The molecule has 2 N–H and O–H groups in total. The van der Waals surface area contributed by atoms with Crippen molar-refractivity contribution in [2.75, 3.05) is 10.6 Å². The number of aromatic nitrogens is 2. The van der Waals surface area contributed by atoms with E-state index in [2.05, 4.69) is 15.7 Å². The Bertz CT molecular complexity index is 780. The van der Waals surface area contributed by atoms with Crippen LogP contribution in [0, 0.1) is 6.92 Å². The first-order valence-electron chi connectivity index (χ1n) is 6.92. The Morgan fingerprint density at radius 3 is 2.48 bits per heavy atom. The Kier molecular flexibility index (Phi) is 5.18. The number of nitrogens with zero attached hydrogens (tertiary/aromatic N) is 2. The molecule has 2 rings (SSSR count). The first-order chi connectivity index (χ1) is 10.9. The third kappa shape index (κ3) is 4.43. The van der Waals surface area contributed by atoms with E-state index in [1.807, 2.05) is 6.92 Å². The Morgan fingerprint density at radius 1 is 1.26 bits per heavy atom. The maximum atomic E-state index is 12.0. The average molecular weight is 333 g/mol. The zero-order chi connectivity index (χ0) is 17.0. The Labute approximate surface area is 139 Å². The number of rotatable bonds is 4. The van der Waals surface area contributed by atoms with Crippen LogP contribution >= 0.6 is 11.6 Å². The highest BCUT2D eigenvalue weighted by atomic mass is 35.5. The quantitative estimate of drug-likeness (QED) is 0.845. The average Bonchev–Trinajstić information content (AvgIpc) is 2.70. The van der Waals surface area contributed by atoms with Crippen LogP contribution in [0.25, 0.3) is 6.08 Å². The Balaban J connectivity index is 2.07. The first kappa shape index (κ1) is 16.8. The van der Waals surface area contributed by atoms with Crippen LogP contribution < -0.4 is 10.6 Å². The van der Waals surface area contributed by atoms with Crippen molar-refractivity contribution in [3.63, 3.8) is 0 Å². The molecular weight excluding hydrogens is 316 g/mol. The number of carbonyl (C=O) groups is 2. The standard InChI is InChI=1S/C16H17ClN4O2/c1-10-14(16(17)21(3)20-10)7-8-15(23)19-13-6-4-5-12(9-13)18-11(2)22/h4-9H,1-3H3,(H,18,22)(H,19,23)/b8-7+. The van der Waals surface area contributed by atoms with E-state index in [0.29, 0.717) is 22.1 Å². The summed E-state index contributed by atoms with van der Waals surface area (Å²) >= 11 is 6.10. The summed E-state index contributed by atoms with van der Waals surface area (Å²) in [5.41, 5.74) is 2.65. The molecule has 6 nitrogen and oxygen atoms in total. The lowest BCUT2D eigenvalue weighted by atomic mass is 10.2. The second kappa shape index (κ2) is 7.11. The fraction of sp³-hybridized carbons (Fsp3) is 0.188. The van der Waals surface area contributed by atoms with E-state index >= 15 is 0 Å². The molecule has 1 aromatic carbocycles. The minimum absolute atomic E-state index is 0.171. The molecule has 0 aliphatic rings. The van der Waals surface area contributed by atoms with Crippen molar-refractivity contribution < 1.29 is 9.59 Å². The van der Waals surface area contributed by atoms with E-state index in [0.717, 1.165) is 5.69 Å². The largest absolute Gasteiger partial charge is 0.326 e. The number of hydrogen-bond acceptors (Lipinski definition) is 3. The summed E-state index contributed by atoms with van der Waals surface area (Å²) < 4.78 is 1.55. The molecule has 120 valence electrons. The second-order valence-corrected chi connectivity index (χ2v) is 5.36. The minimum atomic E-state index is -0.302. The predicted octanol–water partition coefficient (Wildman–Crippen LogP) is 2.99. The number of anilines is 2. The van der Waals surface area contributed by atoms with Crippen molar-refractivity contribution >= 4 is 40.9 Å². The van der Waals surface area contributed by atoms with Gasteiger partial charge in [0.25, 0.3) is 0 Å². The van der Waals surface area contributed by atoms with Gasteiger partial charge in [0, 0.05) is 37.0 Å². The van der Waals surface area contributed by atoms with Crippen molar-refractivity contribution in [3.8, 4) is 0 Å². The maximum absolute atomic E-state index is 12.0. The van der Waals surface area contributed by atoms with Gasteiger partial charge >= 0.3 is 0 Å². The summed E-state index contributed by atoms with van der Waals surface area (Å²) in [6.07, 6.45) is 3.01. The monoisotopic (exact) mass is 332 g/mol. The van der Waals surface area contributed by atoms with E-state index in [1.165, 1.54) is 13.0 Å².